The quantitative estimate of drug-likeness (QED) is 0.703. The first-order valence-electron chi connectivity index (χ1n) is 10.3. The van der Waals surface area contributed by atoms with Crippen molar-refractivity contribution in [1.29, 1.82) is 0 Å². The Labute approximate surface area is 170 Å². The number of urea groups is 1. The molecule has 2 saturated heterocycles. The zero-order chi connectivity index (χ0) is 20.6. The van der Waals surface area contributed by atoms with Crippen molar-refractivity contribution < 1.29 is 14.4 Å². The minimum atomic E-state index is -0.757. The predicted molar refractivity (Wildman–Crippen MR) is 106 cm³/mol. The average Bonchev–Trinajstić information content (AvgIpc) is 2.92. The number of amides is 4. The van der Waals surface area contributed by atoms with E-state index < -0.39 is 5.54 Å². The number of piperazine rings is 1. The number of hydrogen-bond donors (Lipinski definition) is 0. The van der Waals surface area contributed by atoms with Gasteiger partial charge in [-0.25, -0.2) is 14.8 Å². The van der Waals surface area contributed by atoms with Crippen LogP contribution in [0.25, 0.3) is 0 Å². The Morgan fingerprint density at radius 1 is 1.10 bits per heavy atom. The van der Waals surface area contributed by atoms with Gasteiger partial charge >= 0.3 is 6.03 Å². The molecule has 1 spiro atoms. The highest BCUT2D eigenvalue weighted by atomic mass is 16.2. The van der Waals surface area contributed by atoms with Crippen LogP contribution < -0.4 is 4.90 Å². The van der Waals surface area contributed by atoms with Crippen LogP contribution in [0.1, 0.15) is 32.6 Å². The van der Waals surface area contributed by atoms with Crippen molar-refractivity contribution >= 4 is 23.8 Å². The number of rotatable bonds is 3. The average molecular weight is 400 g/mol. The maximum absolute atomic E-state index is 13.1. The van der Waals surface area contributed by atoms with E-state index in [1.807, 2.05) is 4.90 Å². The van der Waals surface area contributed by atoms with Gasteiger partial charge in [0.15, 0.2) is 0 Å². The fourth-order valence-electron chi connectivity index (χ4n) is 4.62. The van der Waals surface area contributed by atoms with Crippen molar-refractivity contribution in [3.05, 3.63) is 18.5 Å². The Kier molecular flexibility index (Phi) is 5.14. The Morgan fingerprint density at radius 3 is 2.34 bits per heavy atom. The maximum atomic E-state index is 13.1. The second-order valence-corrected chi connectivity index (χ2v) is 8.36. The number of imide groups is 1. The van der Waals surface area contributed by atoms with Crippen LogP contribution in [0.3, 0.4) is 0 Å². The molecule has 0 bridgehead atoms. The van der Waals surface area contributed by atoms with Gasteiger partial charge in [0, 0.05) is 45.6 Å². The molecule has 1 saturated carbocycles. The summed E-state index contributed by atoms with van der Waals surface area (Å²) >= 11 is 0. The van der Waals surface area contributed by atoms with Gasteiger partial charge in [0.2, 0.25) is 11.9 Å². The molecule has 3 aliphatic rings. The predicted octanol–water partition coefficient (Wildman–Crippen LogP) is 0.968. The third-order valence-corrected chi connectivity index (χ3v) is 6.67. The monoisotopic (exact) mass is 400 g/mol. The van der Waals surface area contributed by atoms with Gasteiger partial charge in [0.25, 0.3) is 5.91 Å². The van der Waals surface area contributed by atoms with E-state index in [0.717, 1.165) is 17.7 Å². The summed E-state index contributed by atoms with van der Waals surface area (Å²) in [6.07, 6.45) is 6.60. The fourth-order valence-corrected chi connectivity index (χ4v) is 4.62. The minimum Gasteiger partial charge on any atom is -0.338 e. The molecule has 29 heavy (non-hydrogen) atoms. The topological polar surface area (TPSA) is 90.0 Å². The van der Waals surface area contributed by atoms with Crippen LogP contribution in [-0.4, -0.2) is 87.8 Å². The Bertz CT molecular complexity index is 785. The minimum absolute atomic E-state index is 0.179. The van der Waals surface area contributed by atoms with Gasteiger partial charge in [0.05, 0.1) is 0 Å². The largest absolute Gasteiger partial charge is 0.338 e. The smallest absolute Gasteiger partial charge is 0.327 e. The Hall–Kier alpha value is -2.71. The fraction of sp³-hybridized carbons (Fsp3) is 0.650. The van der Waals surface area contributed by atoms with Gasteiger partial charge in [-0.1, -0.05) is 6.92 Å². The van der Waals surface area contributed by atoms with Crippen molar-refractivity contribution in [1.82, 2.24) is 24.7 Å². The van der Waals surface area contributed by atoms with Crippen LogP contribution in [0, 0.1) is 5.92 Å². The first-order valence-corrected chi connectivity index (χ1v) is 10.3. The van der Waals surface area contributed by atoms with Crippen molar-refractivity contribution in [2.24, 2.45) is 5.92 Å². The van der Waals surface area contributed by atoms with E-state index in [4.69, 9.17) is 0 Å². The van der Waals surface area contributed by atoms with Crippen LogP contribution in [0.2, 0.25) is 0 Å². The molecule has 0 N–H and O–H groups in total. The lowest BCUT2D eigenvalue weighted by Gasteiger charge is -2.38. The standard InChI is InChI=1S/C20H28N6O3/c1-15-4-6-20(7-5-15)17(28)26(19(29)23(20)2)14-16(27)24-10-12-25(13-11-24)18-21-8-3-9-22-18/h3,8-9,15H,4-7,10-14H2,1-2H3. The summed E-state index contributed by atoms with van der Waals surface area (Å²) in [6, 6.07) is 1.42. The third kappa shape index (κ3) is 3.42. The van der Waals surface area contributed by atoms with Gasteiger partial charge in [-0.15, -0.1) is 0 Å². The zero-order valence-electron chi connectivity index (χ0n) is 17.1. The molecule has 9 nitrogen and oxygen atoms in total. The number of likely N-dealkylation sites (N-methyl/N-ethyl adjacent to an activating group) is 1. The number of nitrogens with zero attached hydrogens (tertiary/aromatic N) is 6. The molecule has 2 aliphatic heterocycles. The molecule has 1 aromatic heterocycles. The van der Waals surface area contributed by atoms with E-state index in [9.17, 15) is 14.4 Å². The molecule has 4 amide bonds. The molecule has 0 unspecified atom stereocenters. The molecule has 3 heterocycles. The van der Waals surface area contributed by atoms with Gasteiger partial charge in [-0.3, -0.25) is 14.5 Å². The lowest BCUT2D eigenvalue weighted by Crippen LogP contribution is -2.53. The summed E-state index contributed by atoms with van der Waals surface area (Å²) in [5.74, 6) is 0.827. The molecule has 0 atom stereocenters. The molecule has 0 radical (unpaired) electrons. The molecule has 156 valence electrons. The first-order chi connectivity index (χ1) is 13.9. The number of carbonyl (C=O) groups is 3. The van der Waals surface area contributed by atoms with E-state index >= 15 is 0 Å². The molecule has 9 heteroatoms. The third-order valence-electron chi connectivity index (χ3n) is 6.67. The molecule has 1 aromatic rings. The molecule has 1 aliphatic carbocycles. The van der Waals surface area contributed by atoms with Gasteiger partial charge in [0.1, 0.15) is 12.1 Å². The first kappa shape index (κ1) is 19.6. The van der Waals surface area contributed by atoms with Crippen molar-refractivity contribution in [2.75, 3.05) is 44.7 Å². The maximum Gasteiger partial charge on any atom is 0.327 e. The van der Waals surface area contributed by atoms with Gasteiger partial charge in [-0.05, 0) is 37.7 Å². The SMILES string of the molecule is CC1CCC2(CC1)C(=O)N(CC(=O)N1CCN(c3ncccn3)CC1)C(=O)N2C. The van der Waals surface area contributed by atoms with Crippen LogP contribution in [0.5, 0.6) is 0 Å². The van der Waals surface area contributed by atoms with Crippen molar-refractivity contribution in [3.8, 4) is 0 Å². The molecule has 3 fully saturated rings. The van der Waals surface area contributed by atoms with Gasteiger partial charge in [-0.2, -0.15) is 0 Å². The highest BCUT2D eigenvalue weighted by molar-refractivity contribution is 6.09. The van der Waals surface area contributed by atoms with Gasteiger partial charge < -0.3 is 14.7 Å². The highest BCUT2D eigenvalue weighted by Crippen LogP contribution is 2.41. The summed E-state index contributed by atoms with van der Waals surface area (Å²) in [7, 11) is 1.69. The number of carbonyl (C=O) groups excluding carboxylic acids is 3. The van der Waals surface area contributed by atoms with Crippen LogP contribution >= 0.6 is 0 Å². The van der Waals surface area contributed by atoms with E-state index in [0.29, 0.717) is 50.9 Å². The van der Waals surface area contributed by atoms with E-state index in [1.54, 1.807) is 35.3 Å². The number of anilines is 1. The van der Waals surface area contributed by atoms with Crippen LogP contribution in [0.15, 0.2) is 18.5 Å². The van der Waals surface area contributed by atoms with E-state index in [1.165, 1.54) is 0 Å². The van der Waals surface area contributed by atoms with Crippen LogP contribution in [0.4, 0.5) is 10.7 Å². The number of aromatic nitrogens is 2. The second kappa shape index (κ2) is 7.61. The molecular weight excluding hydrogens is 372 g/mol. The summed E-state index contributed by atoms with van der Waals surface area (Å²) in [5.41, 5.74) is -0.757. The lowest BCUT2D eigenvalue weighted by atomic mass is 9.76. The lowest BCUT2D eigenvalue weighted by molar-refractivity contribution is -0.140. The van der Waals surface area contributed by atoms with Crippen molar-refractivity contribution in [3.63, 3.8) is 0 Å². The Balaban J connectivity index is 1.37. The van der Waals surface area contributed by atoms with E-state index in [2.05, 4.69) is 16.9 Å². The zero-order valence-corrected chi connectivity index (χ0v) is 17.1. The molecule has 0 aromatic carbocycles. The van der Waals surface area contributed by atoms with E-state index in [-0.39, 0.29) is 24.4 Å². The summed E-state index contributed by atoms with van der Waals surface area (Å²) in [4.78, 5) is 53.7. The number of hydrogen-bond acceptors (Lipinski definition) is 6. The summed E-state index contributed by atoms with van der Waals surface area (Å²) < 4.78 is 0. The summed E-state index contributed by atoms with van der Waals surface area (Å²) in [5, 5.41) is 0. The molecule has 4 rings (SSSR count). The normalized spacial score (nSPS) is 27.9. The second-order valence-electron chi connectivity index (χ2n) is 8.36. The Morgan fingerprint density at radius 2 is 1.72 bits per heavy atom. The molecular formula is C20H28N6O3. The van der Waals surface area contributed by atoms with Crippen molar-refractivity contribution in [2.45, 2.75) is 38.1 Å². The summed E-state index contributed by atoms with van der Waals surface area (Å²) in [6.45, 7) is 4.28. The highest BCUT2D eigenvalue weighted by Gasteiger charge is 2.56. The van der Waals surface area contributed by atoms with Crippen LogP contribution in [-0.2, 0) is 9.59 Å².